The fourth-order valence-electron chi connectivity index (χ4n) is 3.00. The van der Waals surface area contributed by atoms with E-state index in [1.54, 1.807) is 43.8 Å². The Morgan fingerprint density at radius 1 is 0.903 bits per heavy atom. The SMILES string of the molecule is COc1cc(OC)cc(C(=O)Nc2ccc(-c3csc(-c4ccc(Cl)cc4)n3)cc2)c1. The molecule has 31 heavy (non-hydrogen) atoms. The molecule has 1 N–H and O–H groups in total. The minimum atomic E-state index is -0.247. The summed E-state index contributed by atoms with van der Waals surface area (Å²) in [6.45, 7) is 0. The van der Waals surface area contributed by atoms with E-state index in [0.29, 0.717) is 27.8 Å². The van der Waals surface area contributed by atoms with Crippen LogP contribution in [0.2, 0.25) is 5.02 Å². The van der Waals surface area contributed by atoms with Gasteiger partial charge in [-0.15, -0.1) is 11.3 Å². The number of nitrogens with zero attached hydrogens (tertiary/aromatic N) is 1. The number of hydrogen-bond donors (Lipinski definition) is 1. The molecule has 4 rings (SSSR count). The monoisotopic (exact) mass is 450 g/mol. The van der Waals surface area contributed by atoms with Crippen LogP contribution in [0.15, 0.2) is 72.1 Å². The summed E-state index contributed by atoms with van der Waals surface area (Å²) in [6, 6.07) is 20.2. The lowest BCUT2D eigenvalue weighted by Crippen LogP contribution is -2.12. The summed E-state index contributed by atoms with van der Waals surface area (Å²) in [6.07, 6.45) is 0. The number of carbonyl (C=O) groups excluding carboxylic acids is 1. The smallest absolute Gasteiger partial charge is 0.255 e. The highest BCUT2D eigenvalue weighted by Crippen LogP contribution is 2.30. The van der Waals surface area contributed by atoms with E-state index >= 15 is 0 Å². The van der Waals surface area contributed by atoms with Crippen molar-refractivity contribution >= 4 is 34.5 Å². The summed E-state index contributed by atoms with van der Waals surface area (Å²) >= 11 is 7.54. The largest absolute Gasteiger partial charge is 0.497 e. The van der Waals surface area contributed by atoms with Crippen molar-refractivity contribution in [2.24, 2.45) is 0 Å². The van der Waals surface area contributed by atoms with E-state index in [0.717, 1.165) is 21.8 Å². The molecule has 1 heterocycles. The van der Waals surface area contributed by atoms with Crippen LogP contribution in [0.3, 0.4) is 0 Å². The van der Waals surface area contributed by atoms with E-state index in [4.69, 9.17) is 26.1 Å². The van der Waals surface area contributed by atoms with Crippen molar-refractivity contribution in [2.45, 2.75) is 0 Å². The topological polar surface area (TPSA) is 60.5 Å². The number of ether oxygens (including phenoxy) is 2. The van der Waals surface area contributed by atoms with Gasteiger partial charge in [0.15, 0.2) is 0 Å². The van der Waals surface area contributed by atoms with Crippen LogP contribution in [0.1, 0.15) is 10.4 Å². The fourth-order valence-corrected chi connectivity index (χ4v) is 3.96. The summed E-state index contributed by atoms with van der Waals surface area (Å²) in [7, 11) is 3.10. The molecular weight excluding hydrogens is 432 g/mol. The number of hydrogen-bond acceptors (Lipinski definition) is 5. The first kappa shape index (κ1) is 20.9. The van der Waals surface area contributed by atoms with Crippen molar-refractivity contribution in [1.82, 2.24) is 4.98 Å². The predicted molar refractivity (Wildman–Crippen MR) is 125 cm³/mol. The Morgan fingerprint density at radius 3 is 2.13 bits per heavy atom. The molecule has 5 nitrogen and oxygen atoms in total. The molecule has 0 atom stereocenters. The lowest BCUT2D eigenvalue weighted by molar-refractivity contribution is 0.102. The number of carbonyl (C=O) groups is 1. The molecule has 0 unspecified atom stereocenters. The van der Waals surface area contributed by atoms with Crippen LogP contribution >= 0.6 is 22.9 Å². The van der Waals surface area contributed by atoms with Crippen LogP contribution in [0.4, 0.5) is 5.69 Å². The third kappa shape index (κ3) is 4.87. The van der Waals surface area contributed by atoms with E-state index in [-0.39, 0.29) is 5.91 Å². The summed E-state index contributed by atoms with van der Waals surface area (Å²) in [5.74, 6) is 0.864. The average Bonchev–Trinajstić information content (AvgIpc) is 3.30. The molecule has 3 aromatic carbocycles. The van der Waals surface area contributed by atoms with Gasteiger partial charge in [-0.1, -0.05) is 35.9 Å². The van der Waals surface area contributed by atoms with E-state index < -0.39 is 0 Å². The Bertz CT molecular complexity index is 1180. The summed E-state index contributed by atoms with van der Waals surface area (Å²) in [5.41, 5.74) is 4.01. The molecule has 1 aromatic heterocycles. The molecule has 7 heteroatoms. The van der Waals surface area contributed by atoms with Gasteiger partial charge in [-0.25, -0.2) is 4.98 Å². The van der Waals surface area contributed by atoms with Crippen LogP contribution in [-0.2, 0) is 0 Å². The molecule has 0 fully saturated rings. The first-order valence-electron chi connectivity index (χ1n) is 9.42. The molecular formula is C24H19ClN2O3S. The zero-order valence-corrected chi connectivity index (χ0v) is 18.5. The summed E-state index contributed by atoms with van der Waals surface area (Å²) < 4.78 is 10.5. The van der Waals surface area contributed by atoms with Gasteiger partial charge in [-0.2, -0.15) is 0 Å². The minimum absolute atomic E-state index is 0.247. The van der Waals surface area contributed by atoms with Gasteiger partial charge in [0.25, 0.3) is 5.91 Å². The Labute approximate surface area is 189 Å². The van der Waals surface area contributed by atoms with Crippen molar-refractivity contribution in [3.8, 4) is 33.3 Å². The third-order valence-corrected chi connectivity index (χ3v) is 5.79. The number of rotatable bonds is 6. The number of nitrogens with one attached hydrogen (secondary N) is 1. The van der Waals surface area contributed by atoms with Crippen molar-refractivity contribution in [2.75, 3.05) is 19.5 Å². The fraction of sp³-hybridized carbons (Fsp3) is 0.0833. The van der Waals surface area contributed by atoms with Gasteiger partial charge in [-0.05, 0) is 36.4 Å². The van der Waals surface area contributed by atoms with Crippen LogP contribution in [-0.4, -0.2) is 25.1 Å². The molecule has 0 aliphatic heterocycles. The molecule has 0 saturated carbocycles. The molecule has 0 saturated heterocycles. The summed E-state index contributed by atoms with van der Waals surface area (Å²) in [4.78, 5) is 17.4. The Hall–Kier alpha value is -3.35. The Balaban J connectivity index is 1.49. The normalized spacial score (nSPS) is 10.5. The van der Waals surface area contributed by atoms with Crippen molar-refractivity contribution in [3.05, 3.63) is 82.7 Å². The van der Waals surface area contributed by atoms with Gasteiger partial charge < -0.3 is 14.8 Å². The maximum Gasteiger partial charge on any atom is 0.255 e. The van der Waals surface area contributed by atoms with E-state index in [9.17, 15) is 4.79 Å². The zero-order valence-electron chi connectivity index (χ0n) is 16.9. The van der Waals surface area contributed by atoms with Gasteiger partial charge in [0, 0.05) is 38.8 Å². The second-order valence-electron chi connectivity index (χ2n) is 6.68. The second-order valence-corrected chi connectivity index (χ2v) is 7.97. The van der Waals surface area contributed by atoms with Crippen molar-refractivity contribution in [3.63, 3.8) is 0 Å². The minimum Gasteiger partial charge on any atom is -0.497 e. The maximum absolute atomic E-state index is 12.6. The van der Waals surface area contributed by atoms with Crippen molar-refractivity contribution < 1.29 is 14.3 Å². The molecule has 0 aliphatic carbocycles. The van der Waals surface area contributed by atoms with E-state index in [2.05, 4.69) is 5.32 Å². The molecule has 0 bridgehead atoms. The Kier molecular flexibility index (Phi) is 6.21. The first-order chi connectivity index (χ1) is 15.1. The number of amides is 1. The molecule has 0 radical (unpaired) electrons. The van der Waals surface area contributed by atoms with Gasteiger partial charge in [0.1, 0.15) is 16.5 Å². The second kappa shape index (κ2) is 9.20. The summed E-state index contributed by atoms with van der Waals surface area (Å²) in [5, 5.41) is 6.54. The van der Waals surface area contributed by atoms with E-state index in [1.165, 1.54) is 0 Å². The molecule has 4 aromatic rings. The van der Waals surface area contributed by atoms with Gasteiger partial charge in [0.2, 0.25) is 0 Å². The third-order valence-electron chi connectivity index (χ3n) is 4.65. The molecule has 0 aliphatic rings. The van der Waals surface area contributed by atoms with Gasteiger partial charge in [0.05, 0.1) is 19.9 Å². The number of methoxy groups -OCH3 is 2. The average molecular weight is 451 g/mol. The standard InChI is InChI=1S/C24H19ClN2O3S/c1-29-20-11-17(12-21(13-20)30-2)23(28)26-19-9-5-15(6-10-19)22-14-31-24(27-22)16-3-7-18(25)8-4-16/h3-14H,1-2H3,(H,26,28). The van der Waals surface area contributed by atoms with Gasteiger partial charge in [-0.3, -0.25) is 4.79 Å². The molecule has 0 spiro atoms. The lowest BCUT2D eigenvalue weighted by atomic mass is 10.1. The predicted octanol–water partition coefficient (Wildman–Crippen LogP) is 6.40. The van der Waals surface area contributed by atoms with Crippen LogP contribution in [0.5, 0.6) is 11.5 Å². The van der Waals surface area contributed by atoms with Crippen LogP contribution in [0.25, 0.3) is 21.8 Å². The highest BCUT2D eigenvalue weighted by molar-refractivity contribution is 7.13. The van der Waals surface area contributed by atoms with E-state index in [1.807, 2.05) is 53.9 Å². The maximum atomic E-state index is 12.6. The highest BCUT2D eigenvalue weighted by Gasteiger charge is 2.11. The van der Waals surface area contributed by atoms with Gasteiger partial charge >= 0.3 is 0 Å². The number of benzene rings is 3. The first-order valence-corrected chi connectivity index (χ1v) is 10.7. The lowest BCUT2D eigenvalue weighted by Gasteiger charge is -2.09. The number of halogens is 1. The number of anilines is 1. The highest BCUT2D eigenvalue weighted by atomic mass is 35.5. The van der Waals surface area contributed by atoms with Crippen molar-refractivity contribution in [1.29, 1.82) is 0 Å². The Morgan fingerprint density at radius 2 is 1.52 bits per heavy atom. The zero-order chi connectivity index (χ0) is 21.8. The van der Waals surface area contributed by atoms with Crippen LogP contribution < -0.4 is 14.8 Å². The number of thiazole rings is 1. The number of aromatic nitrogens is 1. The molecule has 156 valence electrons. The van der Waals surface area contributed by atoms with Crippen LogP contribution in [0, 0.1) is 0 Å². The quantitative estimate of drug-likeness (QED) is 0.369. The molecule has 1 amide bonds.